The van der Waals surface area contributed by atoms with Gasteiger partial charge in [0.05, 0.1) is 6.61 Å². The number of aliphatic hydroxyl groups excluding tert-OH is 1. The number of halogens is 2. The lowest BCUT2D eigenvalue weighted by Gasteiger charge is -2.08. The largest absolute Gasteiger partial charge is 0.392 e. The van der Waals surface area contributed by atoms with Gasteiger partial charge in [-0.3, -0.25) is 0 Å². The Bertz CT molecular complexity index is 766. The Hall–Kier alpha value is -1.84. The molecular weight excluding hydrogens is 277 g/mol. The zero-order valence-electron chi connectivity index (χ0n) is 10.7. The molecule has 4 heteroatoms. The Labute approximate surface area is 121 Å². The first-order valence-electron chi connectivity index (χ1n) is 6.30. The SMILES string of the molecule is OCc1ccc2c(ccn2Cc2ccc(F)cc2Cl)c1. The van der Waals surface area contributed by atoms with Crippen LogP contribution in [0.3, 0.4) is 0 Å². The Balaban J connectivity index is 1.98. The maximum absolute atomic E-state index is 13.0. The normalized spacial score (nSPS) is 11.2. The Morgan fingerprint density at radius 2 is 1.95 bits per heavy atom. The lowest BCUT2D eigenvalue weighted by Crippen LogP contribution is -1.99. The summed E-state index contributed by atoms with van der Waals surface area (Å²) in [5.41, 5.74) is 2.81. The number of hydrogen-bond acceptors (Lipinski definition) is 1. The van der Waals surface area contributed by atoms with Gasteiger partial charge in [0, 0.05) is 23.3 Å². The Morgan fingerprint density at radius 1 is 1.10 bits per heavy atom. The van der Waals surface area contributed by atoms with Gasteiger partial charge < -0.3 is 9.67 Å². The second-order valence-electron chi connectivity index (χ2n) is 4.73. The van der Waals surface area contributed by atoms with E-state index in [2.05, 4.69) is 4.57 Å². The summed E-state index contributed by atoms with van der Waals surface area (Å²) in [6.45, 7) is 0.617. The summed E-state index contributed by atoms with van der Waals surface area (Å²) in [6.07, 6.45) is 1.96. The van der Waals surface area contributed by atoms with Crippen LogP contribution in [-0.2, 0) is 13.2 Å². The Morgan fingerprint density at radius 3 is 2.70 bits per heavy atom. The molecule has 0 aliphatic rings. The van der Waals surface area contributed by atoms with Crippen LogP contribution in [0, 0.1) is 5.82 Å². The highest BCUT2D eigenvalue weighted by Crippen LogP contribution is 2.22. The molecule has 20 heavy (non-hydrogen) atoms. The molecule has 0 amide bonds. The van der Waals surface area contributed by atoms with Crippen LogP contribution in [0.2, 0.25) is 5.02 Å². The molecule has 2 nitrogen and oxygen atoms in total. The topological polar surface area (TPSA) is 25.2 Å². The molecule has 0 saturated heterocycles. The molecule has 0 atom stereocenters. The van der Waals surface area contributed by atoms with Crippen LogP contribution in [-0.4, -0.2) is 9.67 Å². The predicted molar refractivity (Wildman–Crippen MR) is 78.4 cm³/mol. The van der Waals surface area contributed by atoms with Crippen molar-refractivity contribution in [2.75, 3.05) is 0 Å². The highest BCUT2D eigenvalue weighted by molar-refractivity contribution is 6.31. The van der Waals surface area contributed by atoms with E-state index in [4.69, 9.17) is 16.7 Å². The van der Waals surface area contributed by atoms with Crippen molar-refractivity contribution in [1.82, 2.24) is 4.57 Å². The number of aromatic nitrogens is 1. The second-order valence-corrected chi connectivity index (χ2v) is 5.14. The van der Waals surface area contributed by atoms with Crippen LogP contribution >= 0.6 is 11.6 Å². The maximum atomic E-state index is 13.0. The minimum atomic E-state index is -0.330. The van der Waals surface area contributed by atoms with E-state index >= 15 is 0 Å². The summed E-state index contributed by atoms with van der Waals surface area (Å²) in [7, 11) is 0. The lowest BCUT2D eigenvalue weighted by atomic mass is 10.1. The van der Waals surface area contributed by atoms with E-state index in [0.717, 1.165) is 22.0 Å². The summed E-state index contributed by atoms with van der Waals surface area (Å²) in [4.78, 5) is 0. The molecule has 1 heterocycles. The van der Waals surface area contributed by atoms with Crippen LogP contribution in [0.1, 0.15) is 11.1 Å². The van der Waals surface area contributed by atoms with Crippen molar-refractivity contribution in [2.45, 2.75) is 13.2 Å². The molecule has 3 rings (SSSR count). The average molecular weight is 290 g/mol. The van der Waals surface area contributed by atoms with Gasteiger partial charge in [0.15, 0.2) is 0 Å². The molecule has 2 aromatic carbocycles. The molecule has 0 spiro atoms. The maximum Gasteiger partial charge on any atom is 0.124 e. The summed E-state index contributed by atoms with van der Waals surface area (Å²) < 4.78 is 15.1. The van der Waals surface area contributed by atoms with E-state index in [9.17, 15) is 4.39 Å². The number of hydrogen-bond donors (Lipinski definition) is 1. The molecule has 0 bridgehead atoms. The number of benzene rings is 2. The molecule has 0 unspecified atom stereocenters. The van der Waals surface area contributed by atoms with Crippen molar-refractivity contribution in [3.8, 4) is 0 Å². The van der Waals surface area contributed by atoms with Crippen molar-refractivity contribution in [3.05, 3.63) is 70.6 Å². The van der Waals surface area contributed by atoms with E-state index in [1.165, 1.54) is 12.1 Å². The molecule has 0 saturated carbocycles. The van der Waals surface area contributed by atoms with Crippen molar-refractivity contribution < 1.29 is 9.50 Å². The summed E-state index contributed by atoms with van der Waals surface area (Å²) in [5, 5.41) is 10.6. The fourth-order valence-electron chi connectivity index (χ4n) is 2.32. The highest BCUT2D eigenvalue weighted by atomic mass is 35.5. The summed E-state index contributed by atoms with van der Waals surface area (Å²) in [5.74, 6) is -0.330. The molecule has 1 N–H and O–H groups in total. The minimum Gasteiger partial charge on any atom is -0.392 e. The number of rotatable bonds is 3. The van der Waals surface area contributed by atoms with Crippen LogP contribution in [0.15, 0.2) is 48.7 Å². The predicted octanol–water partition coefficient (Wildman–Crippen LogP) is 3.97. The lowest BCUT2D eigenvalue weighted by molar-refractivity contribution is 0.282. The van der Waals surface area contributed by atoms with Gasteiger partial charge in [-0.15, -0.1) is 0 Å². The standard InChI is InChI=1S/C16H13ClFNO/c17-15-8-14(18)3-2-13(15)9-19-6-5-12-7-11(10-20)1-4-16(12)19/h1-8,20H,9-10H2. The molecule has 0 radical (unpaired) electrons. The van der Waals surface area contributed by atoms with Crippen molar-refractivity contribution >= 4 is 22.5 Å². The third-order valence-electron chi connectivity index (χ3n) is 3.37. The molecule has 0 fully saturated rings. The second kappa shape index (κ2) is 5.27. The van der Waals surface area contributed by atoms with E-state index in [1.54, 1.807) is 6.07 Å². The van der Waals surface area contributed by atoms with E-state index in [1.807, 2.05) is 30.5 Å². The van der Waals surface area contributed by atoms with E-state index in [0.29, 0.717) is 11.6 Å². The molecule has 1 aromatic heterocycles. The molecule has 102 valence electrons. The van der Waals surface area contributed by atoms with E-state index < -0.39 is 0 Å². The van der Waals surface area contributed by atoms with Gasteiger partial charge in [0.25, 0.3) is 0 Å². The fraction of sp³-hybridized carbons (Fsp3) is 0.125. The van der Waals surface area contributed by atoms with Crippen molar-refractivity contribution in [2.24, 2.45) is 0 Å². The summed E-state index contributed by atoms with van der Waals surface area (Å²) in [6, 6.07) is 12.3. The molecule has 3 aromatic rings. The third-order valence-corrected chi connectivity index (χ3v) is 3.73. The number of aliphatic hydroxyl groups is 1. The number of fused-ring (bicyclic) bond motifs is 1. The zero-order valence-corrected chi connectivity index (χ0v) is 11.4. The van der Waals surface area contributed by atoms with Gasteiger partial charge in [-0.2, -0.15) is 0 Å². The van der Waals surface area contributed by atoms with Crippen LogP contribution < -0.4 is 0 Å². The first-order valence-corrected chi connectivity index (χ1v) is 6.68. The third kappa shape index (κ3) is 2.42. The van der Waals surface area contributed by atoms with Crippen molar-refractivity contribution in [3.63, 3.8) is 0 Å². The van der Waals surface area contributed by atoms with Crippen molar-refractivity contribution in [1.29, 1.82) is 0 Å². The van der Waals surface area contributed by atoms with Gasteiger partial charge in [-0.05, 0) is 46.8 Å². The first kappa shape index (κ1) is 13.2. The monoisotopic (exact) mass is 289 g/mol. The summed E-state index contributed by atoms with van der Waals surface area (Å²) >= 11 is 6.06. The Kier molecular flexibility index (Phi) is 3.47. The quantitative estimate of drug-likeness (QED) is 0.775. The van der Waals surface area contributed by atoms with E-state index in [-0.39, 0.29) is 12.4 Å². The van der Waals surface area contributed by atoms with Crippen LogP contribution in [0.5, 0.6) is 0 Å². The molecular formula is C16H13ClFNO. The minimum absolute atomic E-state index is 0.0326. The average Bonchev–Trinajstić information content (AvgIpc) is 2.84. The van der Waals surface area contributed by atoms with Gasteiger partial charge in [0.2, 0.25) is 0 Å². The van der Waals surface area contributed by atoms with Crippen LogP contribution in [0.25, 0.3) is 10.9 Å². The highest BCUT2D eigenvalue weighted by Gasteiger charge is 2.06. The van der Waals surface area contributed by atoms with Gasteiger partial charge in [-0.1, -0.05) is 23.7 Å². The fourth-order valence-corrected chi connectivity index (χ4v) is 2.55. The van der Waals surface area contributed by atoms with Gasteiger partial charge in [0.1, 0.15) is 5.82 Å². The molecule has 0 aliphatic heterocycles. The number of nitrogens with zero attached hydrogens (tertiary/aromatic N) is 1. The molecule has 0 aliphatic carbocycles. The first-order chi connectivity index (χ1) is 9.67. The van der Waals surface area contributed by atoms with Gasteiger partial charge >= 0.3 is 0 Å². The zero-order chi connectivity index (χ0) is 14.1. The van der Waals surface area contributed by atoms with Gasteiger partial charge in [-0.25, -0.2) is 4.39 Å². The van der Waals surface area contributed by atoms with Crippen LogP contribution in [0.4, 0.5) is 4.39 Å². The smallest absolute Gasteiger partial charge is 0.124 e.